The maximum Gasteiger partial charge on any atom is 0.243 e. The van der Waals surface area contributed by atoms with E-state index in [1.807, 2.05) is 31.3 Å². The second-order valence-corrected chi connectivity index (χ2v) is 9.51. The van der Waals surface area contributed by atoms with E-state index >= 15 is 0 Å². The zero-order valence-corrected chi connectivity index (χ0v) is 18.2. The molecule has 0 radical (unpaired) electrons. The average molecular weight is 419 g/mol. The molecule has 0 amide bonds. The predicted molar refractivity (Wildman–Crippen MR) is 114 cm³/mol. The first-order chi connectivity index (χ1) is 13.8. The molecule has 0 N–H and O–H groups in total. The van der Waals surface area contributed by atoms with Crippen LogP contribution in [0.15, 0.2) is 47.4 Å². The maximum atomic E-state index is 12.8. The van der Waals surface area contributed by atoms with Gasteiger partial charge in [0.05, 0.1) is 18.1 Å². The number of sulfonamides is 1. The Morgan fingerprint density at radius 2 is 1.76 bits per heavy atom. The minimum Gasteiger partial charge on any atom is -0.492 e. The molecule has 1 fully saturated rings. The van der Waals surface area contributed by atoms with Gasteiger partial charge in [-0.3, -0.25) is 4.90 Å². The first-order valence-electron chi connectivity index (χ1n) is 9.91. The van der Waals surface area contributed by atoms with Gasteiger partial charge in [-0.1, -0.05) is 18.2 Å². The predicted octanol–water partition coefficient (Wildman–Crippen LogP) is 2.84. The van der Waals surface area contributed by atoms with E-state index in [1.165, 1.54) is 15.4 Å². The lowest BCUT2D eigenvalue weighted by molar-refractivity contribution is 0.0730. The van der Waals surface area contributed by atoms with Gasteiger partial charge < -0.3 is 9.47 Å². The first kappa shape index (κ1) is 21.8. The zero-order chi connectivity index (χ0) is 20.9. The van der Waals surface area contributed by atoms with E-state index < -0.39 is 10.0 Å². The fraction of sp³-hybridized carbons (Fsp3) is 0.455. The topological polar surface area (TPSA) is 59.1 Å². The van der Waals surface area contributed by atoms with Gasteiger partial charge in [-0.15, -0.1) is 0 Å². The molecule has 1 aliphatic rings. The van der Waals surface area contributed by atoms with Crippen LogP contribution >= 0.6 is 0 Å². The summed E-state index contributed by atoms with van der Waals surface area (Å²) in [5.41, 5.74) is 3.34. The molecule has 0 aromatic heterocycles. The lowest BCUT2D eigenvalue weighted by Crippen LogP contribution is -2.40. The summed E-state index contributed by atoms with van der Waals surface area (Å²) in [6.45, 7) is 7.80. The van der Waals surface area contributed by atoms with E-state index in [0.29, 0.717) is 44.4 Å². The Bertz CT molecular complexity index is 904. The molecule has 0 bridgehead atoms. The summed E-state index contributed by atoms with van der Waals surface area (Å²) >= 11 is 0. The Labute approximate surface area is 174 Å². The molecule has 3 rings (SSSR count). The fourth-order valence-electron chi connectivity index (χ4n) is 3.47. The number of likely N-dealkylation sites (N-methyl/N-ethyl adjacent to an activating group) is 1. The van der Waals surface area contributed by atoms with Crippen molar-refractivity contribution in [1.82, 2.24) is 9.21 Å². The molecule has 158 valence electrons. The van der Waals surface area contributed by atoms with E-state index in [-0.39, 0.29) is 0 Å². The smallest absolute Gasteiger partial charge is 0.243 e. The van der Waals surface area contributed by atoms with Crippen molar-refractivity contribution in [3.63, 3.8) is 0 Å². The van der Waals surface area contributed by atoms with Crippen LogP contribution in [0, 0.1) is 13.8 Å². The van der Waals surface area contributed by atoms with E-state index in [9.17, 15) is 8.42 Å². The molecule has 0 spiro atoms. The van der Waals surface area contributed by atoms with Crippen LogP contribution in [0.1, 0.15) is 16.7 Å². The van der Waals surface area contributed by atoms with Crippen LogP contribution in [0.25, 0.3) is 0 Å². The largest absolute Gasteiger partial charge is 0.492 e. The van der Waals surface area contributed by atoms with Crippen molar-refractivity contribution in [2.45, 2.75) is 25.3 Å². The number of rotatable bonds is 8. The molecule has 1 aliphatic heterocycles. The summed E-state index contributed by atoms with van der Waals surface area (Å²) in [5, 5.41) is 0. The molecular formula is C22H30N2O4S. The average Bonchev–Trinajstić information content (AvgIpc) is 2.68. The van der Waals surface area contributed by atoms with E-state index in [4.69, 9.17) is 9.47 Å². The molecule has 0 aliphatic carbocycles. The summed E-state index contributed by atoms with van der Waals surface area (Å²) in [6, 6.07) is 13.4. The van der Waals surface area contributed by atoms with E-state index in [1.54, 1.807) is 12.1 Å². The summed E-state index contributed by atoms with van der Waals surface area (Å²) in [4.78, 5) is 2.47. The van der Waals surface area contributed by atoms with Crippen LogP contribution in [0.5, 0.6) is 5.75 Å². The Hall–Kier alpha value is -1.93. The van der Waals surface area contributed by atoms with Gasteiger partial charge in [-0.2, -0.15) is 4.31 Å². The fourth-order valence-corrected chi connectivity index (χ4v) is 4.95. The van der Waals surface area contributed by atoms with Crippen LogP contribution in [-0.2, 0) is 21.3 Å². The third kappa shape index (κ3) is 6.02. The Morgan fingerprint density at radius 3 is 2.45 bits per heavy atom. The Kier molecular flexibility index (Phi) is 7.29. The van der Waals surface area contributed by atoms with Gasteiger partial charge in [0.25, 0.3) is 0 Å². The van der Waals surface area contributed by atoms with Crippen molar-refractivity contribution in [2.75, 3.05) is 46.5 Å². The molecule has 1 saturated heterocycles. The number of nitrogens with zero attached hydrogens (tertiary/aromatic N) is 2. The Balaban J connectivity index is 1.56. The van der Waals surface area contributed by atoms with Crippen LogP contribution in [0.4, 0.5) is 0 Å². The van der Waals surface area contributed by atoms with E-state index in [2.05, 4.69) is 24.8 Å². The minimum atomic E-state index is -3.47. The van der Waals surface area contributed by atoms with Gasteiger partial charge >= 0.3 is 0 Å². The van der Waals surface area contributed by atoms with Gasteiger partial charge in [-0.05, 0) is 61.9 Å². The van der Waals surface area contributed by atoms with Gasteiger partial charge in [0, 0.05) is 26.2 Å². The number of ether oxygens (including phenoxy) is 2. The van der Waals surface area contributed by atoms with Gasteiger partial charge in [-0.25, -0.2) is 8.42 Å². The van der Waals surface area contributed by atoms with Crippen LogP contribution in [-0.4, -0.2) is 64.1 Å². The highest BCUT2D eigenvalue weighted by Gasteiger charge is 2.26. The van der Waals surface area contributed by atoms with Gasteiger partial charge in [0.2, 0.25) is 10.0 Å². The summed E-state index contributed by atoms with van der Waals surface area (Å²) < 4.78 is 38.3. The molecule has 0 atom stereocenters. The van der Waals surface area contributed by atoms with Crippen LogP contribution in [0.2, 0.25) is 0 Å². The van der Waals surface area contributed by atoms with Gasteiger partial charge in [0.15, 0.2) is 0 Å². The summed E-state index contributed by atoms with van der Waals surface area (Å²) in [5.74, 6) is 0.884. The standard InChI is InChI=1S/C22H30N2O4S/c1-18-13-19(2)15-21(14-18)28-12-7-23(3)17-20-5-4-6-22(16-20)29(25,26)24-8-10-27-11-9-24/h4-6,13-16H,7-12,17H2,1-3H3. The van der Waals surface area contributed by atoms with Crippen molar-refractivity contribution in [3.05, 3.63) is 59.2 Å². The molecular weight excluding hydrogens is 388 g/mol. The third-order valence-corrected chi connectivity index (χ3v) is 6.79. The third-order valence-electron chi connectivity index (χ3n) is 4.90. The molecule has 1 heterocycles. The van der Waals surface area contributed by atoms with Crippen molar-refractivity contribution in [3.8, 4) is 5.75 Å². The van der Waals surface area contributed by atoms with E-state index in [0.717, 1.165) is 17.9 Å². The zero-order valence-electron chi connectivity index (χ0n) is 17.4. The number of hydrogen-bond donors (Lipinski definition) is 0. The van der Waals surface area contributed by atoms with Crippen molar-refractivity contribution >= 4 is 10.0 Å². The van der Waals surface area contributed by atoms with Crippen molar-refractivity contribution < 1.29 is 17.9 Å². The van der Waals surface area contributed by atoms with Crippen molar-refractivity contribution in [1.29, 1.82) is 0 Å². The number of hydrogen-bond acceptors (Lipinski definition) is 5. The molecule has 0 saturated carbocycles. The number of morpholine rings is 1. The number of benzene rings is 2. The maximum absolute atomic E-state index is 12.8. The minimum absolute atomic E-state index is 0.344. The Morgan fingerprint density at radius 1 is 1.07 bits per heavy atom. The molecule has 6 nitrogen and oxygen atoms in total. The summed E-state index contributed by atoms with van der Waals surface area (Å²) in [6.07, 6.45) is 0. The molecule has 29 heavy (non-hydrogen) atoms. The summed E-state index contributed by atoms with van der Waals surface area (Å²) in [7, 11) is -1.46. The lowest BCUT2D eigenvalue weighted by atomic mass is 10.1. The SMILES string of the molecule is Cc1cc(C)cc(OCCN(C)Cc2cccc(S(=O)(=O)N3CCOCC3)c2)c1. The normalized spacial score (nSPS) is 15.6. The second-order valence-electron chi connectivity index (χ2n) is 7.57. The molecule has 7 heteroatoms. The lowest BCUT2D eigenvalue weighted by Gasteiger charge is -2.26. The highest BCUT2D eigenvalue weighted by atomic mass is 32.2. The second kappa shape index (κ2) is 9.71. The van der Waals surface area contributed by atoms with Crippen LogP contribution < -0.4 is 4.74 Å². The molecule has 2 aromatic carbocycles. The van der Waals surface area contributed by atoms with Crippen LogP contribution in [0.3, 0.4) is 0 Å². The number of aryl methyl sites for hydroxylation is 2. The first-order valence-corrected chi connectivity index (χ1v) is 11.3. The van der Waals surface area contributed by atoms with Crippen molar-refractivity contribution in [2.24, 2.45) is 0 Å². The molecule has 0 unspecified atom stereocenters. The quantitative estimate of drug-likeness (QED) is 0.660. The van der Waals surface area contributed by atoms with Gasteiger partial charge in [0.1, 0.15) is 12.4 Å². The molecule has 2 aromatic rings. The monoisotopic (exact) mass is 418 g/mol. The highest BCUT2D eigenvalue weighted by Crippen LogP contribution is 2.19. The highest BCUT2D eigenvalue weighted by molar-refractivity contribution is 7.89.